The Hall–Kier alpha value is -2.39. The van der Waals surface area contributed by atoms with E-state index in [-0.39, 0.29) is 31.2 Å². The van der Waals surface area contributed by atoms with Crippen molar-refractivity contribution < 1.29 is 18.0 Å². The lowest BCUT2D eigenvalue weighted by molar-refractivity contribution is -0.134. The summed E-state index contributed by atoms with van der Waals surface area (Å²) in [7, 11) is -3.40. The number of hydrogen-bond donors (Lipinski definition) is 2. The van der Waals surface area contributed by atoms with Crippen LogP contribution in [0.25, 0.3) is 0 Å². The number of nitrogens with zero attached hydrogens (tertiary/aromatic N) is 1. The molecule has 9 heteroatoms. The van der Waals surface area contributed by atoms with Crippen molar-refractivity contribution in [3.8, 4) is 0 Å². The molecule has 1 aromatic heterocycles. The van der Waals surface area contributed by atoms with Crippen LogP contribution < -0.4 is 10.0 Å². The van der Waals surface area contributed by atoms with E-state index in [1.54, 1.807) is 40.5 Å². The number of sulfonamides is 1. The van der Waals surface area contributed by atoms with Gasteiger partial charge in [-0.2, -0.15) is 0 Å². The van der Waals surface area contributed by atoms with E-state index in [1.807, 2.05) is 11.4 Å². The number of carbonyl (C=O) groups is 2. The van der Waals surface area contributed by atoms with Crippen molar-refractivity contribution >= 4 is 38.9 Å². The molecule has 3 rings (SSSR count). The molecule has 0 saturated carbocycles. The molecule has 0 fully saturated rings. The average Bonchev–Trinajstić information content (AvgIpc) is 3.12. The Morgan fingerprint density at radius 1 is 1.18 bits per heavy atom. The number of nitrogens with one attached hydrogen (secondary N) is 2. The molecule has 2 N–H and O–H groups in total. The fourth-order valence-corrected chi connectivity index (χ4v) is 4.58. The smallest absolute Gasteiger partial charge is 0.229 e. The van der Waals surface area contributed by atoms with Crippen LogP contribution in [0.1, 0.15) is 28.8 Å². The monoisotopic (exact) mass is 421 g/mol. The summed E-state index contributed by atoms with van der Waals surface area (Å²) >= 11 is 1.72. The maximum Gasteiger partial charge on any atom is 0.229 e. The number of hydrogen-bond acceptors (Lipinski definition) is 5. The second-order valence-electron chi connectivity index (χ2n) is 6.74. The van der Waals surface area contributed by atoms with Gasteiger partial charge in [0.2, 0.25) is 21.8 Å². The summed E-state index contributed by atoms with van der Waals surface area (Å²) in [6.45, 7) is 1.50. The van der Waals surface area contributed by atoms with Crippen molar-refractivity contribution in [2.24, 2.45) is 0 Å². The minimum atomic E-state index is -3.40. The van der Waals surface area contributed by atoms with E-state index in [2.05, 4.69) is 10.0 Å². The lowest BCUT2D eigenvalue weighted by Crippen LogP contribution is -2.36. The van der Waals surface area contributed by atoms with Gasteiger partial charge in [0.15, 0.2) is 0 Å². The third kappa shape index (κ3) is 5.56. The molecular weight excluding hydrogens is 398 g/mol. The summed E-state index contributed by atoms with van der Waals surface area (Å²) in [4.78, 5) is 27.7. The molecule has 150 valence electrons. The highest BCUT2D eigenvalue weighted by molar-refractivity contribution is 7.92. The lowest BCUT2D eigenvalue weighted by Gasteiger charge is -2.27. The molecule has 2 amide bonds. The standard InChI is InChI=1S/C19H23N3O4S2/c1-28(25,26)21-16-5-3-2-4-14(16)12-20-18(23)6-7-19(24)22-10-8-17-15(13-22)9-11-27-17/h2-5,9,11,21H,6-8,10,12-13H2,1H3,(H,20,23). The maximum absolute atomic E-state index is 12.4. The van der Waals surface area contributed by atoms with E-state index in [1.165, 1.54) is 10.4 Å². The first kappa shape index (κ1) is 20.3. The van der Waals surface area contributed by atoms with Crippen molar-refractivity contribution in [2.75, 3.05) is 17.5 Å². The molecule has 1 aromatic carbocycles. The van der Waals surface area contributed by atoms with Crippen molar-refractivity contribution in [1.82, 2.24) is 10.2 Å². The normalized spacial score (nSPS) is 13.7. The molecule has 0 radical (unpaired) electrons. The van der Waals surface area contributed by atoms with Crippen molar-refractivity contribution in [3.05, 3.63) is 51.7 Å². The molecule has 0 saturated heterocycles. The van der Waals surface area contributed by atoms with Crippen LogP contribution in [0.15, 0.2) is 35.7 Å². The summed E-state index contributed by atoms with van der Waals surface area (Å²) in [5, 5.41) is 4.80. The molecule has 0 atom stereocenters. The van der Waals surface area contributed by atoms with E-state index in [4.69, 9.17) is 0 Å². The van der Waals surface area contributed by atoms with Crippen molar-refractivity contribution in [2.45, 2.75) is 32.4 Å². The van der Waals surface area contributed by atoms with Gasteiger partial charge in [0.1, 0.15) is 0 Å². The van der Waals surface area contributed by atoms with Crippen LogP contribution in [0.2, 0.25) is 0 Å². The number of thiophene rings is 1. The fourth-order valence-electron chi connectivity index (χ4n) is 3.10. The second kappa shape index (κ2) is 8.74. The minimum absolute atomic E-state index is 0.0221. The van der Waals surface area contributed by atoms with Crippen molar-refractivity contribution in [1.29, 1.82) is 0 Å². The van der Waals surface area contributed by atoms with E-state index in [0.29, 0.717) is 24.3 Å². The molecule has 2 heterocycles. The first-order chi connectivity index (χ1) is 13.3. The number of carbonyl (C=O) groups excluding carboxylic acids is 2. The fraction of sp³-hybridized carbons (Fsp3) is 0.368. The van der Waals surface area contributed by atoms with Crippen LogP contribution >= 0.6 is 11.3 Å². The van der Waals surface area contributed by atoms with Gasteiger partial charge in [-0.25, -0.2) is 8.42 Å². The Balaban J connectivity index is 1.47. The minimum Gasteiger partial charge on any atom is -0.352 e. The predicted molar refractivity (Wildman–Crippen MR) is 109 cm³/mol. The van der Waals surface area contributed by atoms with Crippen LogP contribution in [0.4, 0.5) is 5.69 Å². The first-order valence-electron chi connectivity index (χ1n) is 8.97. The molecular formula is C19H23N3O4S2. The summed E-state index contributed by atoms with van der Waals surface area (Å²) in [5.41, 5.74) is 2.29. The molecule has 2 aromatic rings. The molecule has 0 unspecified atom stereocenters. The summed E-state index contributed by atoms with van der Waals surface area (Å²) in [5.74, 6) is -0.262. The summed E-state index contributed by atoms with van der Waals surface area (Å²) in [6.07, 6.45) is 2.21. The summed E-state index contributed by atoms with van der Waals surface area (Å²) < 4.78 is 25.3. The Bertz CT molecular complexity index is 969. The maximum atomic E-state index is 12.4. The number of anilines is 1. The SMILES string of the molecule is CS(=O)(=O)Nc1ccccc1CNC(=O)CCC(=O)N1CCc2sccc2C1. The topological polar surface area (TPSA) is 95.6 Å². The van der Waals surface area contributed by atoms with E-state index in [9.17, 15) is 18.0 Å². The van der Waals surface area contributed by atoms with Crippen LogP contribution in [-0.4, -0.2) is 37.9 Å². The molecule has 1 aliphatic heterocycles. The van der Waals surface area contributed by atoms with Crippen LogP contribution in [-0.2, 0) is 39.1 Å². The van der Waals surface area contributed by atoms with Gasteiger partial charge in [-0.1, -0.05) is 18.2 Å². The molecule has 0 aliphatic carbocycles. The predicted octanol–water partition coefficient (Wildman–Crippen LogP) is 2.10. The number of fused-ring (bicyclic) bond motifs is 1. The Labute approximate surface area is 168 Å². The van der Waals surface area contributed by atoms with Crippen LogP contribution in [0, 0.1) is 0 Å². The quantitative estimate of drug-likeness (QED) is 0.716. The number of rotatable bonds is 7. The molecule has 1 aliphatic rings. The van der Waals surface area contributed by atoms with Crippen LogP contribution in [0.3, 0.4) is 0 Å². The van der Waals surface area contributed by atoms with E-state index >= 15 is 0 Å². The zero-order valence-corrected chi connectivity index (χ0v) is 17.2. The molecule has 28 heavy (non-hydrogen) atoms. The number of amides is 2. The molecule has 0 spiro atoms. The molecule has 0 bridgehead atoms. The zero-order valence-electron chi connectivity index (χ0n) is 15.6. The Morgan fingerprint density at radius 2 is 1.96 bits per heavy atom. The lowest BCUT2D eigenvalue weighted by atomic mass is 10.1. The largest absolute Gasteiger partial charge is 0.352 e. The second-order valence-corrected chi connectivity index (χ2v) is 9.49. The van der Waals surface area contributed by atoms with Gasteiger partial charge in [0, 0.05) is 37.4 Å². The highest BCUT2D eigenvalue weighted by Gasteiger charge is 2.21. The van der Waals surface area contributed by atoms with Gasteiger partial charge in [0.25, 0.3) is 0 Å². The first-order valence-corrected chi connectivity index (χ1v) is 11.7. The third-order valence-corrected chi connectivity index (χ3v) is 6.13. The third-order valence-electron chi connectivity index (χ3n) is 4.52. The van der Waals surface area contributed by atoms with Crippen molar-refractivity contribution in [3.63, 3.8) is 0 Å². The van der Waals surface area contributed by atoms with E-state index in [0.717, 1.165) is 12.7 Å². The van der Waals surface area contributed by atoms with Crippen LogP contribution in [0.5, 0.6) is 0 Å². The zero-order chi connectivity index (χ0) is 20.1. The highest BCUT2D eigenvalue weighted by atomic mass is 32.2. The molecule has 7 nitrogen and oxygen atoms in total. The van der Waals surface area contributed by atoms with Gasteiger partial charge in [-0.3, -0.25) is 14.3 Å². The Morgan fingerprint density at radius 3 is 2.75 bits per heavy atom. The van der Waals surface area contributed by atoms with Gasteiger partial charge in [-0.15, -0.1) is 11.3 Å². The summed E-state index contributed by atoms with van der Waals surface area (Å²) in [6, 6.07) is 8.92. The van der Waals surface area contributed by atoms with Gasteiger partial charge in [0.05, 0.1) is 11.9 Å². The van der Waals surface area contributed by atoms with Gasteiger partial charge >= 0.3 is 0 Å². The number of para-hydroxylation sites is 1. The van der Waals surface area contributed by atoms with Gasteiger partial charge in [-0.05, 0) is 35.1 Å². The highest BCUT2D eigenvalue weighted by Crippen LogP contribution is 2.24. The Kier molecular flexibility index (Phi) is 6.35. The van der Waals surface area contributed by atoms with Gasteiger partial charge < -0.3 is 10.2 Å². The average molecular weight is 422 g/mol. The number of benzene rings is 1. The van der Waals surface area contributed by atoms with E-state index < -0.39 is 10.0 Å².